The van der Waals surface area contributed by atoms with Gasteiger partial charge in [0.2, 0.25) is 0 Å². The lowest BCUT2D eigenvalue weighted by atomic mass is 9.97. The van der Waals surface area contributed by atoms with Gasteiger partial charge in [0.1, 0.15) is 11.6 Å². The third kappa shape index (κ3) is 3.02. The number of benzene rings is 1. The minimum atomic E-state index is 0.0703. The number of carbonyl (C=O) groups is 1. The molecule has 0 aliphatic carbocycles. The van der Waals surface area contributed by atoms with Gasteiger partial charge in [-0.3, -0.25) is 4.79 Å². The van der Waals surface area contributed by atoms with Gasteiger partial charge in [0.25, 0.3) is 0 Å². The van der Waals surface area contributed by atoms with Crippen LogP contribution in [0.4, 0.5) is 5.82 Å². The normalized spacial score (nSPS) is 10.4. The average Bonchev–Trinajstić information content (AvgIpc) is 2.43. The van der Waals surface area contributed by atoms with Crippen LogP contribution < -0.4 is 5.32 Å². The SMILES string of the molecule is CC(=O)CNc1ccc(-c2ccc(C)c(C)c2C)nn1. The first kappa shape index (κ1) is 14.2. The molecule has 2 aromatic rings. The van der Waals surface area contributed by atoms with Gasteiger partial charge in [-0.25, -0.2) is 0 Å². The molecule has 2 rings (SSSR count). The maximum atomic E-state index is 10.9. The molecule has 0 aliphatic heterocycles. The highest BCUT2D eigenvalue weighted by atomic mass is 16.1. The topological polar surface area (TPSA) is 54.9 Å². The number of carbonyl (C=O) groups excluding carboxylic acids is 1. The summed E-state index contributed by atoms with van der Waals surface area (Å²) in [4.78, 5) is 10.9. The van der Waals surface area contributed by atoms with E-state index in [0.29, 0.717) is 5.82 Å². The van der Waals surface area contributed by atoms with Gasteiger partial charge in [0, 0.05) is 5.56 Å². The van der Waals surface area contributed by atoms with E-state index >= 15 is 0 Å². The Kier molecular flexibility index (Phi) is 4.13. The molecule has 0 unspecified atom stereocenters. The summed E-state index contributed by atoms with van der Waals surface area (Å²) in [6.07, 6.45) is 0. The molecule has 0 atom stereocenters. The predicted molar refractivity (Wildman–Crippen MR) is 80.8 cm³/mol. The summed E-state index contributed by atoms with van der Waals surface area (Å²) in [6, 6.07) is 7.94. The molecule has 1 aromatic heterocycles. The van der Waals surface area contributed by atoms with Crippen molar-refractivity contribution in [2.45, 2.75) is 27.7 Å². The Balaban J connectivity index is 2.26. The van der Waals surface area contributed by atoms with Crippen LogP contribution in [0.25, 0.3) is 11.3 Å². The summed E-state index contributed by atoms with van der Waals surface area (Å²) < 4.78 is 0. The minimum absolute atomic E-state index is 0.0703. The lowest BCUT2D eigenvalue weighted by Gasteiger charge is -2.10. The second kappa shape index (κ2) is 5.82. The Morgan fingerprint density at radius 2 is 1.80 bits per heavy atom. The average molecular weight is 269 g/mol. The molecule has 20 heavy (non-hydrogen) atoms. The Hall–Kier alpha value is -2.23. The maximum Gasteiger partial charge on any atom is 0.149 e. The van der Waals surface area contributed by atoms with Gasteiger partial charge in [0.05, 0.1) is 12.2 Å². The van der Waals surface area contributed by atoms with Gasteiger partial charge >= 0.3 is 0 Å². The first-order valence-electron chi connectivity index (χ1n) is 6.63. The van der Waals surface area contributed by atoms with Crippen molar-refractivity contribution in [3.8, 4) is 11.3 Å². The largest absolute Gasteiger partial charge is 0.362 e. The highest BCUT2D eigenvalue weighted by Gasteiger charge is 2.08. The maximum absolute atomic E-state index is 10.9. The number of aromatic nitrogens is 2. The molecule has 0 bridgehead atoms. The predicted octanol–water partition coefficient (Wildman–Crippen LogP) is 3.07. The molecule has 4 heteroatoms. The molecular weight excluding hydrogens is 250 g/mol. The Labute approximate surface area is 119 Å². The summed E-state index contributed by atoms with van der Waals surface area (Å²) in [6.45, 7) is 8.13. The molecule has 0 spiro atoms. The Morgan fingerprint density at radius 3 is 2.40 bits per heavy atom. The molecule has 0 amide bonds. The molecule has 104 valence electrons. The molecule has 0 saturated carbocycles. The molecule has 0 fully saturated rings. The van der Waals surface area contributed by atoms with E-state index in [9.17, 15) is 4.79 Å². The molecule has 1 aromatic carbocycles. The van der Waals surface area contributed by atoms with Gasteiger partial charge in [-0.05, 0) is 56.5 Å². The van der Waals surface area contributed by atoms with Crippen LogP contribution in [0.15, 0.2) is 24.3 Å². The van der Waals surface area contributed by atoms with Crippen LogP contribution in [0.5, 0.6) is 0 Å². The van der Waals surface area contributed by atoms with Crippen molar-refractivity contribution in [2.75, 3.05) is 11.9 Å². The van der Waals surface area contributed by atoms with E-state index in [1.165, 1.54) is 23.6 Å². The van der Waals surface area contributed by atoms with Gasteiger partial charge in [0.15, 0.2) is 0 Å². The quantitative estimate of drug-likeness (QED) is 0.926. The molecule has 4 nitrogen and oxygen atoms in total. The lowest BCUT2D eigenvalue weighted by molar-refractivity contribution is -0.115. The lowest BCUT2D eigenvalue weighted by Crippen LogP contribution is -2.11. The molecule has 0 aliphatic rings. The summed E-state index contributed by atoms with van der Waals surface area (Å²) in [5.41, 5.74) is 5.73. The number of ketones is 1. The van der Waals surface area contributed by atoms with E-state index in [4.69, 9.17) is 0 Å². The minimum Gasteiger partial charge on any atom is -0.362 e. The summed E-state index contributed by atoms with van der Waals surface area (Å²) in [7, 11) is 0. The zero-order chi connectivity index (χ0) is 14.7. The Morgan fingerprint density at radius 1 is 1.05 bits per heavy atom. The van der Waals surface area contributed by atoms with E-state index in [2.05, 4.69) is 48.4 Å². The monoisotopic (exact) mass is 269 g/mol. The highest BCUT2D eigenvalue weighted by Crippen LogP contribution is 2.25. The molecule has 1 N–H and O–H groups in total. The Bertz CT molecular complexity index is 633. The third-order valence-corrected chi connectivity index (χ3v) is 3.52. The zero-order valence-electron chi connectivity index (χ0n) is 12.3. The van der Waals surface area contributed by atoms with Crippen molar-refractivity contribution >= 4 is 11.6 Å². The summed E-state index contributed by atoms with van der Waals surface area (Å²) in [5.74, 6) is 0.686. The third-order valence-electron chi connectivity index (χ3n) is 3.52. The molecule has 0 radical (unpaired) electrons. The van der Waals surface area contributed by atoms with Crippen LogP contribution in [0.3, 0.4) is 0 Å². The number of hydrogen-bond acceptors (Lipinski definition) is 4. The standard InChI is InChI=1S/C16H19N3O/c1-10-5-6-14(13(4)12(10)3)15-7-8-16(19-18-15)17-9-11(2)20/h5-8H,9H2,1-4H3,(H,17,19). The van der Waals surface area contributed by atoms with Crippen molar-refractivity contribution < 1.29 is 4.79 Å². The van der Waals surface area contributed by atoms with Gasteiger partial charge in [-0.2, -0.15) is 0 Å². The number of anilines is 1. The second-order valence-electron chi connectivity index (χ2n) is 5.04. The van der Waals surface area contributed by atoms with Crippen molar-refractivity contribution in [2.24, 2.45) is 0 Å². The van der Waals surface area contributed by atoms with Crippen molar-refractivity contribution in [3.63, 3.8) is 0 Å². The first-order valence-corrected chi connectivity index (χ1v) is 6.63. The number of nitrogens with zero attached hydrogens (tertiary/aromatic N) is 2. The zero-order valence-corrected chi connectivity index (χ0v) is 12.3. The van der Waals surface area contributed by atoms with Gasteiger partial charge in [-0.15, -0.1) is 10.2 Å². The fraction of sp³-hybridized carbons (Fsp3) is 0.312. The van der Waals surface area contributed by atoms with E-state index < -0.39 is 0 Å². The number of Topliss-reactive ketones (excluding diaryl/α,β-unsaturated/α-hetero) is 1. The van der Waals surface area contributed by atoms with Crippen LogP contribution >= 0.6 is 0 Å². The van der Waals surface area contributed by atoms with Crippen molar-refractivity contribution in [3.05, 3.63) is 41.0 Å². The highest BCUT2D eigenvalue weighted by molar-refractivity contribution is 5.80. The van der Waals surface area contributed by atoms with Gasteiger partial charge < -0.3 is 5.32 Å². The molecule has 1 heterocycles. The summed E-state index contributed by atoms with van der Waals surface area (Å²) >= 11 is 0. The van der Waals surface area contributed by atoms with E-state index in [1.54, 1.807) is 0 Å². The second-order valence-corrected chi connectivity index (χ2v) is 5.04. The van der Waals surface area contributed by atoms with Gasteiger partial charge in [-0.1, -0.05) is 12.1 Å². The molecular formula is C16H19N3O. The first-order chi connectivity index (χ1) is 9.49. The van der Waals surface area contributed by atoms with E-state index in [1.807, 2.05) is 12.1 Å². The van der Waals surface area contributed by atoms with E-state index in [0.717, 1.165) is 11.3 Å². The number of hydrogen-bond donors (Lipinski definition) is 1. The molecule has 0 saturated heterocycles. The fourth-order valence-corrected chi connectivity index (χ4v) is 2.02. The number of rotatable bonds is 4. The van der Waals surface area contributed by atoms with Crippen LogP contribution in [-0.4, -0.2) is 22.5 Å². The number of nitrogens with one attached hydrogen (secondary N) is 1. The van der Waals surface area contributed by atoms with Crippen LogP contribution in [0.1, 0.15) is 23.6 Å². The van der Waals surface area contributed by atoms with Crippen molar-refractivity contribution in [1.29, 1.82) is 0 Å². The van der Waals surface area contributed by atoms with E-state index in [-0.39, 0.29) is 12.3 Å². The fourth-order valence-electron chi connectivity index (χ4n) is 2.02. The van der Waals surface area contributed by atoms with Crippen LogP contribution in [0, 0.1) is 20.8 Å². The summed E-state index contributed by atoms with van der Waals surface area (Å²) in [5, 5.41) is 11.3. The van der Waals surface area contributed by atoms with Crippen LogP contribution in [0.2, 0.25) is 0 Å². The smallest absolute Gasteiger partial charge is 0.149 e. The van der Waals surface area contributed by atoms with Crippen LogP contribution in [-0.2, 0) is 4.79 Å². The van der Waals surface area contributed by atoms with Crippen molar-refractivity contribution in [1.82, 2.24) is 10.2 Å². The number of aryl methyl sites for hydroxylation is 1.